The first-order valence-electron chi connectivity index (χ1n) is 5.27. The van der Waals surface area contributed by atoms with E-state index < -0.39 is 0 Å². The molecule has 0 saturated heterocycles. The summed E-state index contributed by atoms with van der Waals surface area (Å²) < 4.78 is 5.35. The van der Waals surface area contributed by atoms with Crippen molar-refractivity contribution in [1.29, 1.82) is 5.26 Å². The summed E-state index contributed by atoms with van der Waals surface area (Å²) in [5, 5.41) is 10.1. The summed E-state index contributed by atoms with van der Waals surface area (Å²) in [6.45, 7) is 4.25. The van der Waals surface area contributed by atoms with Crippen molar-refractivity contribution in [3.63, 3.8) is 0 Å². The van der Waals surface area contributed by atoms with Crippen LogP contribution in [-0.2, 0) is 0 Å². The fraction of sp³-hybridized carbons (Fsp3) is 0.308. The van der Waals surface area contributed by atoms with Gasteiger partial charge in [-0.25, -0.2) is 0 Å². The number of hydrogen-bond acceptors (Lipinski definition) is 2. The van der Waals surface area contributed by atoms with Gasteiger partial charge in [0, 0.05) is 11.6 Å². The minimum absolute atomic E-state index is 0.400. The van der Waals surface area contributed by atoms with Gasteiger partial charge in [0.05, 0.1) is 18.2 Å². The van der Waals surface area contributed by atoms with Crippen LogP contribution in [0.15, 0.2) is 18.3 Å². The summed E-state index contributed by atoms with van der Waals surface area (Å²) >= 11 is 0. The molecule has 0 fully saturated rings. The van der Waals surface area contributed by atoms with Crippen molar-refractivity contribution in [2.45, 2.75) is 19.8 Å². The molecule has 1 aromatic heterocycles. The first kappa shape index (κ1) is 10.6. The van der Waals surface area contributed by atoms with Crippen LogP contribution in [0.2, 0.25) is 0 Å². The minimum Gasteiger partial charge on any atom is -0.496 e. The molecular formula is C13H14N2O. The zero-order valence-corrected chi connectivity index (χ0v) is 9.66. The maximum Gasteiger partial charge on any atom is 0.128 e. The van der Waals surface area contributed by atoms with E-state index in [0.717, 1.165) is 16.7 Å². The van der Waals surface area contributed by atoms with Crippen LogP contribution in [0.25, 0.3) is 10.9 Å². The summed E-state index contributed by atoms with van der Waals surface area (Å²) in [7, 11) is 1.65. The highest BCUT2D eigenvalue weighted by atomic mass is 16.5. The van der Waals surface area contributed by atoms with E-state index in [4.69, 9.17) is 10.00 Å². The number of nitrogens with one attached hydrogen (secondary N) is 1. The van der Waals surface area contributed by atoms with Crippen molar-refractivity contribution < 1.29 is 4.74 Å². The van der Waals surface area contributed by atoms with Gasteiger partial charge in [0.25, 0.3) is 0 Å². The second-order valence-electron chi connectivity index (χ2n) is 4.08. The minimum atomic E-state index is 0.400. The number of fused-ring (bicyclic) bond motifs is 1. The topological polar surface area (TPSA) is 48.8 Å². The molecule has 0 bridgehead atoms. The lowest BCUT2D eigenvalue weighted by Gasteiger charge is -2.07. The number of hydrogen-bond donors (Lipinski definition) is 1. The molecule has 0 aliphatic rings. The molecule has 2 aromatic rings. The van der Waals surface area contributed by atoms with E-state index in [2.05, 4.69) is 24.9 Å². The Morgan fingerprint density at radius 2 is 2.12 bits per heavy atom. The fourth-order valence-corrected chi connectivity index (χ4v) is 1.96. The molecule has 82 valence electrons. The molecule has 0 aliphatic heterocycles. The summed E-state index contributed by atoms with van der Waals surface area (Å²) in [5.74, 6) is 1.22. The van der Waals surface area contributed by atoms with Gasteiger partial charge in [-0.15, -0.1) is 0 Å². The van der Waals surface area contributed by atoms with Crippen LogP contribution in [0.3, 0.4) is 0 Å². The van der Waals surface area contributed by atoms with Crippen LogP contribution >= 0.6 is 0 Å². The zero-order valence-electron chi connectivity index (χ0n) is 9.66. The van der Waals surface area contributed by atoms with E-state index in [1.807, 2.05) is 12.3 Å². The van der Waals surface area contributed by atoms with E-state index in [1.165, 1.54) is 5.56 Å². The first-order chi connectivity index (χ1) is 7.69. The number of benzene rings is 1. The number of aromatic nitrogens is 1. The molecule has 1 N–H and O–H groups in total. The average molecular weight is 214 g/mol. The van der Waals surface area contributed by atoms with Crippen molar-refractivity contribution >= 4 is 10.9 Å². The molecule has 3 heteroatoms. The third kappa shape index (κ3) is 1.43. The van der Waals surface area contributed by atoms with Crippen molar-refractivity contribution in [3.05, 3.63) is 29.5 Å². The summed E-state index contributed by atoms with van der Waals surface area (Å²) in [5.41, 5.74) is 2.71. The van der Waals surface area contributed by atoms with E-state index in [-0.39, 0.29) is 0 Å². The number of methoxy groups -OCH3 is 1. The Morgan fingerprint density at radius 3 is 2.69 bits per heavy atom. The molecular weight excluding hydrogens is 200 g/mol. The lowest BCUT2D eigenvalue weighted by Crippen LogP contribution is -1.90. The maximum absolute atomic E-state index is 9.04. The summed E-state index contributed by atoms with van der Waals surface area (Å²) in [4.78, 5) is 3.16. The van der Waals surface area contributed by atoms with E-state index in [9.17, 15) is 0 Å². The van der Waals surface area contributed by atoms with Gasteiger partial charge in [0.1, 0.15) is 11.8 Å². The van der Waals surface area contributed by atoms with Crippen molar-refractivity contribution in [3.8, 4) is 11.8 Å². The van der Waals surface area contributed by atoms with E-state index >= 15 is 0 Å². The monoisotopic (exact) mass is 214 g/mol. The molecule has 0 spiro atoms. The highest BCUT2D eigenvalue weighted by molar-refractivity contribution is 5.93. The van der Waals surface area contributed by atoms with Gasteiger partial charge in [0.15, 0.2) is 0 Å². The zero-order chi connectivity index (χ0) is 11.7. The van der Waals surface area contributed by atoms with Gasteiger partial charge < -0.3 is 9.72 Å². The average Bonchev–Trinajstić information content (AvgIpc) is 2.72. The van der Waals surface area contributed by atoms with Gasteiger partial charge in [-0.05, 0) is 23.6 Å². The smallest absolute Gasteiger partial charge is 0.128 e. The normalized spacial score (nSPS) is 10.7. The molecule has 0 radical (unpaired) electrons. The van der Waals surface area contributed by atoms with Gasteiger partial charge in [-0.3, -0.25) is 0 Å². The Morgan fingerprint density at radius 1 is 1.38 bits per heavy atom. The number of nitrogens with zero attached hydrogens (tertiary/aromatic N) is 1. The van der Waals surface area contributed by atoms with Gasteiger partial charge in [-0.2, -0.15) is 5.26 Å². The van der Waals surface area contributed by atoms with Crippen molar-refractivity contribution in [2.24, 2.45) is 0 Å². The first-order valence-corrected chi connectivity index (χ1v) is 5.27. The van der Waals surface area contributed by atoms with Crippen LogP contribution in [-0.4, -0.2) is 12.1 Å². The highest BCUT2D eigenvalue weighted by Gasteiger charge is 2.14. The van der Waals surface area contributed by atoms with E-state index in [1.54, 1.807) is 13.2 Å². The third-order valence-electron chi connectivity index (χ3n) is 2.79. The Balaban J connectivity index is 2.84. The molecule has 2 rings (SSSR count). The Kier molecular flexibility index (Phi) is 2.57. The number of rotatable bonds is 2. The Hall–Kier alpha value is -1.95. The van der Waals surface area contributed by atoms with Crippen molar-refractivity contribution in [2.75, 3.05) is 7.11 Å². The van der Waals surface area contributed by atoms with E-state index in [0.29, 0.717) is 11.5 Å². The van der Waals surface area contributed by atoms with Crippen LogP contribution in [0, 0.1) is 11.3 Å². The molecule has 0 saturated carbocycles. The standard InChI is InChI=1S/C13H14N2O/c1-8(2)10-7-15-13-9(6-14)4-5-11(16-3)12(10)13/h4-5,7-8,15H,1-3H3. The second kappa shape index (κ2) is 3.90. The fourth-order valence-electron chi connectivity index (χ4n) is 1.96. The maximum atomic E-state index is 9.04. The SMILES string of the molecule is COc1ccc(C#N)c2[nH]cc(C(C)C)c12. The molecule has 1 heterocycles. The number of H-pyrrole nitrogens is 1. The Labute approximate surface area is 94.7 Å². The molecule has 0 atom stereocenters. The third-order valence-corrected chi connectivity index (χ3v) is 2.79. The number of nitriles is 1. The molecule has 0 unspecified atom stereocenters. The predicted octanol–water partition coefficient (Wildman–Crippen LogP) is 3.17. The molecule has 0 amide bonds. The van der Waals surface area contributed by atoms with Gasteiger partial charge >= 0.3 is 0 Å². The van der Waals surface area contributed by atoms with Crippen LogP contribution in [0.5, 0.6) is 5.75 Å². The Bertz CT molecular complexity index is 561. The highest BCUT2D eigenvalue weighted by Crippen LogP contribution is 2.34. The second-order valence-corrected chi connectivity index (χ2v) is 4.08. The largest absolute Gasteiger partial charge is 0.496 e. The van der Waals surface area contributed by atoms with Gasteiger partial charge in [0.2, 0.25) is 0 Å². The number of ether oxygens (including phenoxy) is 1. The molecule has 16 heavy (non-hydrogen) atoms. The van der Waals surface area contributed by atoms with Crippen LogP contribution < -0.4 is 4.74 Å². The molecule has 0 aliphatic carbocycles. The predicted molar refractivity (Wildman–Crippen MR) is 63.7 cm³/mol. The van der Waals surface area contributed by atoms with Crippen LogP contribution in [0.1, 0.15) is 30.9 Å². The number of aromatic amines is 1. The quantitative estimate of drug-likeness (QED) is 0.834. The molecule has 1 aromatic carbocycles. The lowest BCUT2D eigenvalue weighted by molar-refractivity contribution is 0.419. The summed E-state index contributed by atoms with van der Waals surface area (Å²) in [6, 6.07) is 5.81. The lowest BCUT2D eigenvalue weighted by atomic mass is 10.0. The van der Waals surface area contributed by atoms with Gasteiger partial charge in [-0.1, -0.05) is 13.8 Å². The summed E-state index contributed by atoms with van der Waals surface area (Å²) in [6.07, 6.45) is 1.96. The molecule has 3 nitrogen and oxygen atoms in total. The van der Waals surface area contributed by atoms with Crippen molar-refractivity contribution in [1.82, 2.24) is 4.98 Å². The van der Waals surface area contributed by atoms with Crippen LogP contribution in [0.4, 0.5) is 0 Å².